The number of hydrogen-bond donors (Lipinski definition) is 0. The van der Waals surface area contributed by atoms with E-state index >= 15 is 0 Å². The van der Waals surface area contributed by atoms with Crippen molar-refractivity contribution < 1.29 is 23.5 Å². The van der Waals surface area contributed by atoms with Crippen LogP contribution in [0.15, 0.2) is 103 Å². The van der Waals surface area contributed by atoms with Gasteiger partial charge in [0, 0.05) is 37.5 Å². The van der Waals surface area contributed by atoms with Gasteiger partial charge in [-0.3, -0.25) is 9.59 Å². The van der Waals surface area contributed by atoms with Crippen molar-refractivity contribution in [3.8, 4) is 0 Å². The maximum Gasteiger partial charge on any atom is 0.337 e. The fourth-order valence-electron chi connectivity index (χ4n) is 6.72. The molecule has 5 aromatic rings. The molecule has 0 saturated carbocycles. The summed E-state index contributed by atoms with van der Waals surface area (Å²) in [5.74, 6) is -0.329. The number of hydrogen-bond acceptors (Lipinski definition) is 6. The second-order valence-electron chi connectivity index (χ2n) is 12.8. The Bertz CT molecular complexity index is 1900. The van der Waals surface area contributed by atoms with Crippen LogP contribution in [-0.2, 0) is 11.3 Å². The molecule has 0 radical (unpaired) electrons. The highest BCUT2D eigenvalue weighted by Gasteiger charge is 2.30. The Hall–Kier alpha value is -5.15. The number of methoxy groups -OCH3 is 1. The monoisotopic (exact) mass is 660 g/mol. The minimum atomic E-state index is -0.390. The van der Waals surface area contributed by atoms with Gasteiger partial charge in [0.2, 0.25) is 5.78 Å². The molecule has 0 aliphatic carbocycles. The molecule has 8 nitrogen and oxygen atoms in total. The first kappa shape index (κ1) is 33.7. The van der Waals surface area contributed by atoms with Crippen LogP contribution in [0.25, 0.3) is 11.0 Å². The summed E-state index contributed by atoms with van der Waals surface area (Å²) in [6.45, 7) is 3.32. The molecule has 1 aliphatic rings. The van der Waals surface area contributed by atoms with Crippen LogP contribution in [0.4, 0.5) is 4.39 Å². The first-order valence-corrected chi connectivity index (χ1v) is 16.8. The lowest BCUT2D eigenvalue weighted by atomic mass is 9.90. The number of ether oxygens (including phenoxy) is 1. The number of imidazole rings is 1. The van der Waals surface area contributed by atoms with Crippen LogP contribution in [0, 0.1) is 11.7 Å². The SMILES string of the molecule is COC(=O)c1ccc(Cn2c(C(=O)C3CCN(CCC(CN(C)C(=O)c4ccccc4)c4ccc(F)cc4)CC3)nc3ccccc32)cc1. The van der Waals surface area contributed by atoms with Crippen molar-refractivity contribution in [3.05, 3.63) is 137 Å². The van der Waals surface area contributed by atoms with E-state index in [1.54, 1.807) is 17.0 Å². The van der Waals surface area contributed by atoms with Gasteiger partial charge in [0.25, 0.3) is 5.91 Å². The molecule has 1 atom stereocenters. The van der Waals surface area contributed by atoms with Crippen molar-refractivity contribution in [1.82, 2.24) is 19.4 Å². The topological polar surface area (TPSA) is 84.7 Å². The van der Waals surface area contributed by atoms with E-state index < -0.39 is 5.97 Å². The molecule has 1 saturated heterocycles. The third-order valence-corrected chi connectivity index (χ3v) is 9.55. The zero-order chi connectivity index (χ0) is 34.3. The number of ketones is 1. The van der Waals surface area contributed by atoms with E-state index in [4.69, 9.17) is 9.72 Å². The molecule has 0 N–H and O–H groups in total. The van der Waals surface area contributed by atoms with Gasteiger partial charge in [-0.25, -0.2) is 14.2 Å². The number of likely N-dealkylation sites (N-methyl/N-ethyl adjacent to an activating group) is 1. The van der Waals surface area contributed by atoms with Gasteiger partial charge in [-0.15, -0.1) is 0 Å². The van der Waals surface area contributed by atoms with Crippen LogP contribution in [0.3, 0.4) is 0 Å². The Kier molecular flexibility index (Phi) is 10.6. The minimum absolute atomic E-state index is 0.0270. The summed E-state index contributed by atoms with van der Waals surface area (Å²) in [6.07, 6.45) is 2.24. The normalized spacial score (nSPS) is 14.4. The number of likely N-dealkylation sites (tertiary alicyclic amines) is 1. The highest BCUT2D eigenvalue weighted by atomic mass is 19.1. The average Bonchev–Trinajstić information content (AvgIpc) is 3.51. The fraction of sp³-hybridized carbons (Fsp3) is 0.300. The third kappa shape index (κ3) is 7.95. The van der Waals surface area contributed by atoms with Crippen molar-refractivity contribution in [2.45, 2.75) is 31.7 Å². The number of piperidine rings is 1. The highest BCUT2D eigenvalue weighted by molar-refractivity contribution is 5.98. The summed E-state index contributed by atoms with van der Waals surface area (Å²) in [7, 11) is 3.17. The molecule has 2 heterocycles. The van der Waals surface area contributed by atoms with Crippen LogP contribution in [0.2, 0.25) is 0 Å². The lowest BCUT2D eigenvalue weighted by molar-refractivity contribution is 0.0600. The van der Waals surface area contributed by atoms with Crippen LogP contribution < -0.4 is 0 Å². The Morgan fingerprint density at radius 3 is 2.24 bits per heavy atom. The van der Waals surface area contributed by atoms with Crippen molar-refractivity contribution in [1.29, 1.82) is 0 Å². The molecule has 9 heteroatoms. The number of nitrogens with zero attached hydrogens (tertiary/aromatic N) is 4. The van der Waals surface area contributed by atoms with Gasteiger partial charge in [-0.05, 0) is 98.6 Å². The van der Waals surface area contributed by atoms with Crippen LogP contribution in [0.5, 0.6) is 0 Å². The fourth-order valence-corrected chi connectivity index (χ4v) is 6.72. The predicted molar refractivity (Wildman–Crippen MR) is 187 cm³/mol. The maximum atomic E-state index is 14.0. The molecular weight excluding hydrogens is 619 g/mol. The number of benzene rings is 4. The second kappa shape index (κ2) is 15.4. The number of para-hydroxylation sites is 2. The number of amides is 1. The maximum absolute atomic E-state index is 14.0. The number of Topliss-reactive ketones (excluding diaryl/α,β-unsaturated/α-hetero) is 1. The first-order chi connectivity index (χ1) is 23.8. The average molecular weight is 661 g/mol. The summed E-state index contributed by atoms with van der Waals surface area (Å²) < 4.78 is 20.6. The quantitative estimate of drug-likeness (QED) is 0.108. The zero-order valence-corrected chi connectivity index (χ0v) is 27.9. The Morgan fingerprint density at radius 1 is 0.878 bits per heavy atom. The van der Waals surface area contributed by atoms with Crippen molar-refractivity contribution in [2.24, 2.45) is 5.92 Å². The number of carbonyl (C=O) groups is 3. The highest BCUT2D eigenvalue weighted by Crippen LogP contribution is 2.28. The third-order valence-electron chi connectivity index (χ3n) is 9.55. The number of carbonyl (C=O) groups excluding carboxylic acids is 3. The predicted octanol–water partition coefficient (Wildman–Crippen LogP) is 6.85. The summed E-state index contributed by atoms with van der Waals surface area (Å²) in [6, 6.07) is 30.8. The molecule has 1 aromatic heterocycles. The van der Waals surface area contributed by atoms with Crippen molar-refractivity contribution in [2.75, 3.05) is 40.3 Å². The second-order valence-corrected chi connectivity index (χ2v) is 12.8. The molecule has 0 bridgehead atoms. The van der Waals surface area contributed by atoms with Crippen LogP contribution >= 0.6 is 0 Å². The molecule has 0 spiro atoms. The van der Waals surface area contributed by atoms with Crippen LogP contribution in [0.1, 0.15) is 67.6 Å². The van der Waals surface area contributed by atoms with Gasteiger partial charge in [-0.2, -0.15) is 0 Å². The molecule has 252 valence electrons. The molecule has 1 unspecified atom stereocenters. The van der Waals surface area contributed by atoms with E-state index in [-0.39, 0.29) is 29.3 Å². The van der Waals surface area contributed by atoms with E-state index in [1.807, 2.05) is 90.5 Å². The molecule has 4 aromatic carbocycles. The summed E-state index contributed by atoms with van der Waals surface area (Å²) in [5, 5.41) is 0. The van der Waals surface area contributed by atoms with E-state index in [0.29, 0.717) is 30.0 Å². The number of rotatable bonds is 12. The molecule has 1 aliphatic heterocycles. The lowest BCUT2D eigenvalue weighted by Gasteiger charge is -2.33. The summed E-state index contributed by atoms with van der Waals surface area (Å²) in [4.78, 5) is 48.0. The van der Waals surface area contributed by atoms with Gasteiger partial charge in [0.05, 0.1) is 23.7 Å². The molecule has 49 heavy (non-hydrogen) atoms. The zero-order valence-electron chi connectivity index (χ0n) is 27.9. The number of esters is 1. The Labute approximate surface area is 286 Å². The minimum Gasteiger partial charge on any atom is -0.465 e. The van der Waals surface area contributed by atoms with Gasteiger partial charge in [-0.1, -0.05) is 54.6 Å². The van der Waals surface area contributed by atoms with Gasteiger partial charge in [0.15, 0.2) is 5.82 Å². The largest absolute Gasteiger partial charge is 0.465 e. The van der Waals surface area contributed by atoms with E-state index in [9.17, 15) is 18.8 Å². The molecule has 1 fully saturated rings. The summed E-state index contributed by atoms with van der Waals surface area (Å²) >= 11 is 0. The number of fused-ring (bicyclic) bond motifs is 1. The van der Waals surface area contributed by atoms with Crippen LogP contribution in [-0.4, -0.2) is 77.3 Å². The number of halogens is 1. The van der Waals surface area contributed by atoms with E-state index in [1.165, 1.54) is 19.2 Å². The smallest absolute Gasteiger partial charge is 0.337 e. The van der Waals surface area contributed by atoms with E-state index in [0.717, 1.165) is 61.1 Å². The molecule has 1 amide bonds. The van der Waals surface area contributed by atoms with Crippen molar-refractivity contribution in [3.63, 3.8) is 0 Å². The first-order valence-electron chi connectivity index (χ1n) is 16.8. The molecular formula is C40H41FN4O4. The number of aromatic nitrogens is 2. The van der Waals surface area contributed by atoms with Gasteiger partial charge < -0.3 is 19.1 Å². The Morgan fingerprint density at radius 2 is 1.55 bits per heavy atom. The summed E-state index contributed by atoms with van der Waals surface area (Å²) in [5.41, 5.74) is 4.73. The standard InChI is InChI=1S/C40H41FN4O4/c1-43(39(47)31-8-4-3-5-9-31)27-33(29-16-18-34(41)19-17-29)22-25-44-23-20-30(21-24-44)37(46)38-42-35-10-6-7-11-36(35)45(38)26-28-12-14-32(15-13-28)40(48)49-2/h3-19,30,33H,20-27H2,1-2H3. The van der Waals surface area contributed by atoms with E-state index in [2.05, 4.69) is 4.90 Å². The van der Waals surface area contributed by atoms with Crippen molar-refractivity contribution >= 4 is 28.7 Å². The van der Waals surface area contributed by atoms with Gasteiger partial charge >= 0.3 is 5.97 Å². The lowest BCUT2D eigenvalue weighted by Crippen LogP contribution is -2.38. The Balaban J connectivity index is 1.11. The molecule has 6 rings (SSSR count). The van der Waals surface area contributed by atoms with Gasteiger partial charge in [0.1, 0.15) is 5.82 Å².